The number of rotatable bonds is 3. The summed E-state index contributed by atoms with van der Waals surface area (Å²) in [5, 5.41) is 2.90. The lowest BCUT2D eigenvalue weighted by Crippen LogP contribution is -2.26. The summed E-state index contributed by atoms with van der Waals surface area (Å²) >= 11 is 7.32. The normalized spacial score (nSPS) is 12.1. The Morgan fingerprint density at radius 2 is 2.29 bits per heavy atom. The zero-order valence-electron chi connectivity index (χ0n) is 9.18. The molecule has 3 nitrogen and oxygen atoms in total. The van der Waals surface area contributed by atoms with E-state index in [-0.39, 0.29) is 11.9 Å². The Kier molecular flexibility index (Phi) is 3.76. The van der Waals surface area contributed by atoms with Crippen LogP contribution in [-0.4, -0.2) is 10.9 Å². The van der Waals surface area contributed by atoms with Gasteiger partial charge in [0.1, 0.15) is 0 Å². The van der Waals surface area contributed by atoms with E-state index in [1.807, 2.05) is 19.1 Å². The molecule has 0 unspecified atom stereocenters. The first-order valence-corrected chi connectivity index (χ1v) is 6.32. The van der Waals surface area contributed by atoms with Gasteiger partial charge in [-0.25, -0.2) is 0 Å². The van der Waals surface area contributed by atoms with Crippen molar-refractivity contribution in [1.29, 1.82) is 0 Å². The Hall–Kier alpha value is -1.39. The predicted octanol–water partition coefficient (Wildman–Crippen LogP) is 3.29. The highest BCUT2D eigenvalue weighted by Gasteiger charge is 2.12. The third-order valence-corrected chi connectivity index (χ3v) is 3.71. The second-order valence-corrected chi connectivity index (χ2v) is 5.33. The Bertz CT molecular complexity index is 512. The molecule has 0 fully saturated rings. The summed E-state index contributed by atoms with van der Waals surface area (Å²) in [7, 11) is 0. The fourth-order valence-corrected chi connectivity index (χ4v) is 2.47. The largest absolute Gasteiger partial charge is 0.345 e. The summed E-state index contributed by atoms with van der Waals surface area (Å²) in [4.78, 5) is 16.8. The smallest absolute Gasteiger partial charge is 0.253 e. The van der Waals surface area contributed by atoms with Crippen LogP contribution in [0.5, 0.6) is 0 Å². The van der Waals surface area contributed by atoms with E-state index >= 15 is 0 Å². The van der Waals surface area contributed by atoms with E-state index in [0.717, 1.165) is 9.21 Å². The molecule has 0 bridgehead atoms. The van der Waals surface area contributed by atoms with Gasteiger partial charge in [0.25, 0.3) is 5.91 Å². The summed E-state index contributed by atoms with van der Waals surface area (Å²) < 4.78 is 0.725. The first-order chi connectivity index (χ1) is 8.16. The summed E-state index contributed by atoms with van der Waals surface area (Å²) in [5.74, 6) is -0.130. The van der Waals surface area contributed by atoms with Crippen molar-refractivity contribution in [2.75, 3.05) is 0 Å². The molecule has 5 heteroatoms. The van der Waals surface area contributed by atoms with Crippen LogP contribution in [0.2, 0.25) is 4.34 Å². The molecule has 1 amide bonds. The van der Waals surface area contributed by atoms with Crippen molar-refractivity contribution in [2.45, 2.75) is 13.0 Å². The molecule has 2 heterocycles. The van der Waals surface area contributed by atoms with Crippen molar-refractivity contribution >= 4 is 28.8 Å². The van der Waals surface area contributed by atoms with Gasteiger partial charge in [0.05, 0.1) is 15.9 Å². The fourth-order valence-electron chi connectivity index (χ4n) is 1.41. The summed E-state index contributed by atoms with van der Waals surface area (Å²) in [6.07, 6.45) is 3.18. The zero-order valence-corrected chi connectivity index (χ0v) is 10.8. The maximum absolute atomic E-state index is 11.9. The Morgan fingerprint density at radius 1 is 1.47 bits per heavy atom. The van der Waals surface area contributed by atoms with Crippen molar-refractivity contribution < 1.29 is 4.79 Å². The van der Waals surface area contributed by atoms with Crippen LogP contribution >= 0.6 is 22.9 Å². The second-order valence-electron chi connectivity index (χ2n) is 3.58. The molecule has 2 rings (SSSR count). The van der Waals surface area contributed by atoms with Gasteiger partial charge in [-0.3, -0.25) is 9.78 Å². The minimum absolute atomic E-state index is 0.0554. The van der Waals surface area contributed by atoms with Crippen LogP contribution in [0, 0.1) is 0 Å². The van der Waals surface area contributed by atoms with Gasteiger partial charge >= 0.3 is 0 Å². The maximum Gasteiger partial charge on any atom is 0.253 e. The van der Waals surface area contributed by atoms with Gasteiger partial charge in [-0.2, -0.15) is 0 Å². The van der Waals surface area contributed by atoms with E-state index in [9.17, 15) is 4.79 Å². The Labute approximate surface area is 108 Å². The number of thiophene rings is 1. The molecule has 88 valence electrons. The molecule has 0 saturated carbocycles. The molecule has 0 saturated heterocycles. The second kappa shape index (κ2) is 5.29. The molecule has 0 radical (unpaired) electrons. The monoisotopic (exact) mass is 266 g/mol. The standard InChI is InChI=1S/C12H11ClN2OS/c1-8(10-4-5-11(13)17-10)15-12(16)9-3-2-6-14-7-9/h2-8H,1H3,(H,15,16)/t8-/m1/s1. The average molecular weight is 267 g/mol. The van der Waals surface area contributed by atoms with Gasteiger partial charge < -0.3 is 5.32 Å². The van der Waals surface area contributed by atoms with E-state index < -0.39 is 0 Å². The van der Waals surface area contributed by atoms with E-state index in [1.165, 1.54) is 11.3 Å². The molecule has 2 aromatic rings. The topological polar surface area (TPSA) is 42.0 Å². The lowest BCUT2D eigenvalue weighted by molar-refractivity contribution is 0.0940. The van der Waals surface area contributed by atoms with Crippen LogP contribution in [-0.2, 0) is 0 Å². The van der Waals surface area contributed by atoms with Gasteiger partial charge in [-0.1, -0.05) is 11.6 Å². The molecule has 0 aliphatic heterocycles. The number of halogens is 1. The number of carbonyl (C=O) groups is 1. The van der Waals surface area contributed by atoms with Gasteiger partial charge in [-0.15, -0.1) is 11.3 Å². The number of hydrogen-bond acceptors (Lipinski definition) is 3. The molecule has 0 spiro atoms. The number of nitrogens with one attached hydrogen (secondary N) is 1. The molecule has 0 aliphatic carbocycles. The zero-order chi connectivity index (χ0) is 12.3. The number of aromatic nitrogens is 1. The predicted molar refractivity (Wildman–Crippen MR) is 69.4 cm³/mol. The molecule has 1 N–H and O–H groups in total. The minimum Gasteiger partial charge on any atom is -0.345 e. The van der Waals surface area contributed by atoms with Crippen molar-refractivity contribution in [3.05, 3.63) is 51.4 Å². The first kappa shape index (κ1) is 12.1. The molecular formula is C12H11ClN2OS. The number of nitrogens with zero attached hydrogens (tertiary/aromatic N) is 1. The van der Waals surface area contributed by atoms with Crippen LogP contribution < -0.4 is 5.32 Å². The molecule has 0 aromatic carbocycles. The molecule has 17 heavy (non-hydrogen) atoms. The van der Waals surface area contributed by atoms with Crippen LogP contribution in [0.3, 0.4) is 0 Å². The average Bonchev–Trinajstić information content (AvgIpc) is 2.77. The maximum atomic E-state index is 11.9. The minimum atomic E-state index is -0.130. The number of carbonyl (C=O) groups excluding carboxylic acids is 1. The lowest BCUT2D eigenvalue weighted by Gasteiger charge is -2.11. The van der Waals surface area contributed by atoms with Crippen LogP contribution in [0.1, 0.15) is 28.2 Å². The van der Waals surface area contributed by atoms with Crippen LogP contribution in [0.4, 0.5) is 0 Å². The van der Waals surface area contributed by atoms with Crippen molar-refractivity contribution in [3.63, 3.8) is 0 Å². The summed E-state index contributed by atoms with van der Waals surface area (Å²) in [5.41, 5.74) is 0.557. The van der Waals surface area contributed by atoms with Crippen molar-refractivity contribution in [2.24, 2.45) is 0 Å². The SMILES string of the molecule is C[C@@H](NC(=O)c1cccnc1)c1ccc(Cl)s1. The highest BCUT2D eigenvalue weighted by atomic mass is 35.5. The fraction of sp³-hybridized carbons (Fsp3) is 0.167. The highest BCUT2D eigenvalue weighted by Crippen LogP contribution is 2.26. The lowest BCUT2D eigenvalue weighted by atomic mass is 10.2. The third-order valence-electron chi connectivity index (χ3n) is 2.29. The van der Waals surface area contributed by atoms with Crippen LogP contribution in [0.15, 0.2) is 36.7 Å². The summed E-state index contributed by atoms with van der Waals surface area (Å²) in [6.45, 7) is 1.93. The van der Waals surface area contributed by atoms with E-state index in [0.29, 0.717) is 5.56 Å². The van der Waals surface area contributed by atoms with Gasteiger partial charge in [0.15, 0.2) is 0 Å². The Balaban J connectivity index is 2.04. The summed E-state index contributed by atoms with van der Waals surface area (Å²) in [6, 6.07) is 7.16. The number of amides is 1. The van der Waals surface area contributed by atoms with E-state index in [2.05, 4.69) is 10.3 Å². The third kappa shape index (κ3) is 3.05. The molecule has 2 aromatic heterocycles. The quantitative estimate of drug-likeness (QED) is 0.926. The van der Waals surface area contributed by atoms with Crippen LogP contribution in [0.25, 0.3) is 0 Å². The highest BCUT2D eigenvalue weighted by molar-refractivity contribution is 7.16. The molecule has 1 atom stereocenters. The van der Waals surface area contributed by atoms with E-state index in [4.69, 9.17) is 11.6 Å². The first-order valence-electron chi connectivity index (χ1n) is 5.13. The van der Waals surface area contributed by atoms with Crippen molar-refractivity contribution in [1.82, 2.24) is 10.3 Å². The molecule has 0 aliphatic rings. The van der Waals surface area contributed by atoms with Gasteiger partial charge in [0.2, 0.25) is 0 Å². The number of hydrogen-bond donors (Lipinski definition) is 1. The van der Waals surface area contributed by atoms with Crippen molar-refractivity contribution in [3.8, 4) is 0 Å². The van der Waals surface area contributed by atoms with E-state index in [1.54, 1.807) is 24.5 Å². The van der Waals surface area contributed by atoms with Gasteiger partial charge in [-0.05, 0) is 31.2 Å². The number of pyridine rings is 1. The molecular weight excluding hydrogens is 256 g/mol. The Morgan fingerprint density at radius 3 is 2.88 bits per heavy atom. The van der Waals surface area contributed by atoms with Gasteiger partial charge in [0, 0.05) is 17.3 Å².